The Kier molecular flexibility index (Phi) is 2.27. The Labute approximate surface area is 95.4 Å². The number of hydrogen-bond acceptors (Lipinski definition) is 0. The Bertz CT molecular complexity index is 462. The molecule has 3 rings (SSSR count). The fraction of sp³-hybridized carbons (Fsp3) is 0.0769. The average Bonchev–Trinajstić information content (AvgIpc) is 2.30. The van der Waals surface area contributed by atoms with Crippen LogP contribution >= 0.6 is 18.5 Å². The number of hydrogen-bond donors (Lipinski definition) is 0. The van der Waals surface area contributed by atoms with Crippen LogP contribution in [0.5, 0.6) is 0 Å². The molecule has 0 radical (unpaired) electrons. The van der Waals surface area contributed by atoms with Crippen molar-refractivity contribution in [3.8, 4) is 0 Å². The zero-order valence-corrected chi connectivity index (χ0v) is 9.80. The van der Waals surface area contributed by atoms with Crippen molar-refractivity contribution in [1.29, 1.82) is 0 Å². The first-order valence-electron chi connectivity index (χ1n) is 4.98. The summed E-state index contributed by atoms with van der Waals surface area (Å²) in [7, 11) is -0.651. The van der Waals surface area contributed by atoms with Crippen LogP contribution in [0.3, 0.4) is 0 Å². The van der Waals surface area contributed by atoms with Crippen molar-refractivity contribution in [3.63, 3.8) is 0 Å². The van der Waals surface area contributed by atoms with E-state index in [1.165, 1.54) is 21.7 Å². The van der Waals surface area contributed by atoms with Crippen LogP contribution in [0.15, 0.2) is 48.5 Å². The number of rotatable bonds is 0. The highest BCUT2D eigenvalue weighted by atomic mass is 35.7. The quantitative estimate of drug-likeness (QED) is 0.612. The molecule has 1 aliphatic heterocycles. The van der Waals surface area contributed by atoms with Crippen LogP contribution in [0.1, 0.15) is 11.1 Å². The molecule has 0 bridgehead atoms. The summed E-state index contributed by atoms with van der Waals surface area (Å²) in [6.07, 6.45) is 1.03. The summed E-state index contributed by atoms with van der Waals surface area (Å²) in [6, 6.07) is 17.0. The van der Waals surface area contributed by atoms with E-state index >= 15 is 0 Å². The summed E-state index contributed by atoms with van der Waals surface area (Å²) >= 11 is 6.54. The van der Waals surface area contributed by atoms with Gasteiger partial charge in [-0.2, -0.15) is 0 Å². The Balaban J connectivity index is 2.20. The van der Waals surface area contributed by atoms with Crippen molar-refractivity contribution >= 4 is 29.1 Å². The van der Waals surface area contributed by atoms with Crippen LogP contribution in [0.4, 0.5) is 0 Å². The second kappa shape index (κ2) is 3.63. The Morgan fingerprint density at radius 2 is 1.27 bits per heavy atom. The van der Waals surface area contributed by atoms with Gasteiger partial charge in [-0.15, -0.1) is 0 Å². The van der Waals surface area contributed by atoms with Gasteiger partial charge in [-0.05, 0) is 28.2 Å². The molecule has 2 aromatic rings. The summed E-state index contributed by atoms with van der Waals surface area (Å²) in [5, 5.41) is 2.65. The van der Waals surface area contributed by atoms with E-state index in [2.05, 4.69) is 48.5 Å². The van der Waals surface area contributed by atoms with Gasteiger partial charge in [0.05, 0.1) is 7.27 Å². The van der Waals surface area contributed by atoms with Crippen molar-refractivity contribution in [3.05, 3.63) is 59.7 Å². The predicted octanol–water partition coefficient (Wildman–Crippen LogP) is 3.18. The topological polar surface area (TPSA) is 0 Å². The zero-order valence-electron chi connectivity index (χ0n) is 8.15. The molecule has 0 aromatic heterocycles. The van der Waals surface area contributed by atoms with Gasteiger partial charge in [0.15, 0.2) is 0 Å². The Morgan fingerprint density at radius 1 is 0.800 bits per heavy atom. The molecule has 0 unspecified atom stereocenters. The van der Waals surface area contributed by atoms with Gasteiger partial charge in [-0.25, -0.2) is 0 Å². The molecular formula is C13H10ClP. The van der Waals surface area contributed by atoms with Crippen LogP contribution in [0, 0.1) is 0 Å². The van der Waals surface area contributed by atoms with Crippen LogP contribution in [0.2, 0.25) is 0 Å². The van der Waals surface area contributed by atoms with Gasteiger partial charge in [0.25, 0.3) is 0 Å². The fourth-order valence-corrected chi connectivity index (χ4v) is 4.53. The average molecular weight is 233 g/mol. The van der Waals surface area contributed by atoms with Gasteiger partial charge in [-0.3, -0.25) is 0 Å². The lowest BCUT2D eigenvalue weighted by molar-refractivity contribution is 1.22. The third-order valence-electron chi connectivity index (χ3n) is 2.79. The second-order valence-corrected chi connectivity index (χ2v) is 6.25. The van der Waals surface area contributed by atoms with E-state index in [-0.39, 0.29) is 0 Å². The lowest BCUT2D eigenvalue weighted by Gasteiger charge is -2.23. The van der Waals surface area contributed by atoms with Gasteiger partial charge < -0.3 is 0 Å². The third kappa shape index (κ3) is 1.49. The molecule has 0 N–H and O–H groups in total. The van der Waals surface area contributed by atoms with Crippen LogP contribution < -0.4 is 10.6 Å². The molecule has 0 saturated heterocycles. The van der Waals surface area contributed by atoms with Crippen LogP contribution in [-0.4, -0.2) is 0 Å². The Hall–Kier alpha value is -0.840. The lowest BCUT2D eigenvalue weighted by atomic mass is 10.0. The minimum atomic E-state index is -0.651. The highest BCUT2D eigenvalue weighted by Crippen LogP contribution is 2.44. The highest BCUT2D eigenvalue weighted by Gasteiger charge is 2.22. The molecule has 1 aliphatic rings. The van der Waals surface area contributed by atoms with Crippen molar-refractivity contribution in [2.45, 2.75) is 6.42 Å². The molecule has 0 atom stereocenters. The van der Waals surface area contributed by atoms with Gasteiger partial charge in [-0.1, -0.05) is 59.8 Å². The smallest absolute Gasteiger partial charge is 0.0530 e. The first kappa shape index (κ1) is 9.39. The van der Waals surface area contributed by atoms with E-state index in [4.69, 9.17) is 11.2 Å². The molecule has 0 amide bonds. The minimum absolute atomic E-state index is 0.651. The monoisotopic (exact) mass is 232 g/mol. The maximum Gasteiger partial charge on any atom is 0.0530 e. The number of fused-ring (bicyclic) bond motifs is 2. The summed E-state index contributed by atoms with van der Waals surface area (Å²) in [5.41, 5.74) is 2.77. The number of halogens is 1. The van der Waals surface area contributed by atoms with Gasteiger partial charge in [0.1, 0.15) is 0 Å². The summed E-state index contributed by atoms with van der Waals surface area (Å²) in [5.74, 6) is 0. The van der Waals surface area contributed by atoms with E-state index in [0.717, 1.165) is 6.42 Å². The summed E-state index contributed by atoms with van der Waals surface area (Å²) in [6.45, 7) is 0. The highest BCUT2D eigenvalue weighted by molar-refractivity contribution is 7.95. The third-order valence-corrected chi connectivity index (χ3v) is 5.60. The standard InChI is InChI=1S/C13H10ClP/c14-15-12-7-3-1-5-10(12)9-11-6-2-4-8-13(11)15/h1-8H,9H2. The van der Waals surface area contributed by atoms with Gasteiger partial charge in [0, 0.05) is 0 Å². The summed E-state index contributed by atoms with van der Waals surface area (Å²) < 4.78 is 0. The summed E-state index contributed by atoms with van der Waals surface area (Å²) in [4.78, 5) is 0. The van der Waals surface area contributed by atoms with Crippen molar-refractivity contribution in [1.82, 2.24) is 0 Å². The van der Waals surface area contributed by atoms with E-state index in [1.807, 2.05) is 0 Å². The van der Waals surface area contributed by atoms with Gasteiger partial charge in [0.2, 0.25) is 0 Å². The maximum atomic E-state index is 6.54. The molecule has 15 heavy (non-hydrogen) atoms. The fourth-order valence-electron chi connectivity index (χ4n) is 2.04. The van der Waals surface area contributed by atoms with Crippen LogP contribution in [-0.2, 0) is 6.42 Å². The van der Waals surface area contributed by atoms with Crippen molar-refractivity contribution in [2.75, 3.05) is 0 Å². The molecule has 0 fully saturated rings. The predicted molar refractivity (Wildman–Crippen MR) is 67.7 cm³/mol. The molecule has 0 nitrogen and oxygen atoms in total. The zero-order chi connectivity index (χ0) is 10.3. The van der Waals surface area contributed by atoms with E-state index in [9.17, 15) is 0 Å². The first-order valence-corrected chi connectivity index (χ1v) is 7.22. The Morgan fingerprint density at radius 3 is 1.80 bits per heavy atom. The minimum Gasteiger partial charge on any atom is -0.0858 e. The van der Waals surface area contributed by atoms with Crippen molar-refractivity contribution in [2.24, 2.45) is 0 Å². The molecule has 74 valence electrons. The second-order valence-electron chi connectivity index (χ2n) is 3.72. The normalized spacial score (nSPS) is 14.5. The van der Waals surface area contributed by atoms with Crippen LogP contribution in [0.25, 0.3) is 0 Å². The maximum absolute atomic E-state index is 6.54. The largest absolute Gasteiger partial charge is 0.0858 e. The van der Waals surface area contributed by atoms with Gasteiger partial charge >= 0.3 is 0 Å². The number of benzene rings is 2. The van der Waals surface area contributed by atoms with E-state index < -0.39 is 7.27 Å². The van der Waals surface area contributed by atoms with E-state index in [1.54, 1.807) is 0 Å². The van der Waals surface area contributed by atoms with Crippen molar-refractivity contribution < 1.29 is 0 Å². The molecule has 0 aliphatic carbocycles. The first-order chi connectivity index (χ1) is 7.36. The molecule has 0 saturated carbocycles. The molecule has 2 aromatic carbocycles. The molecular weight excluding hydrogens is 223 g/mol. The molecule has 0 spiro atoms. The molecule has 1 heterocycles. The lowest BCUT2D eigenvalue weighted by Crippen LogP contribution is -2.22. The SMILES string of the molecule is ClP1c2ccccc2Cc2ccccc21. The van der Waals surface area contributed by atoms with E-state index in [0.29, 0.717) is 0 Å². The molecule has 2 heteroatoms.